The number of aliphatic hydroxyl groups excluding tert-OH is 1. The summed E-state index contributed by atoms with van der Waals surface area (Å²) in [5.74, 6) is -0.00502. The van der Waals surface area contributed by atoms with Gasteiger partial charge in [-0.25, -0.2) is 13.1 Å². The number of rotatable bonds is 4. The van der Waals surface area contributed by atoms with Crippen molar-refractivity contribution in [2.45, 2.75) is 37.1 Å². The number of anilines is 1. The largest absolute Gasteiger partial charge is 0.398 e. The van der Waals surface area contributed by atoms with Crippen molar-refractivity contribution in [2.75, 3.05) is 12.3 Å². The van der Waals surface area contributed by atoms with E-state index in [0.717, 1.165) is 19.3 Å². The van der Waals surface area contributed by atoms with Crippen LogP contribution in [0.2, 0.25) is 0 Å². The number of sulfonamides is 1. The lowest BCUT2D eigenvalue weighted by Gasteiger charge is -2.20. The first kappa shape index (κ1) is 15.8. The Morgan fingerprint density at radius 3 is 2.80 bits per heavy atom. The lowest BCUT2D eigenvalue weighted by atomic mass is 10.1. The van der Waals surface area contributed by atoms with E-state index in [9.17, 15) is 13.5 Å². The molecule has 1 saturated carbocycles. The average molecular weight is 363 g/mol. The Hall–Kier alpha value is -0.630. The molecule has 0 aliphatic heterocycles. The van der Waals surface area contributed by atoms with E-state index in [1.165, 1.54) is 0 Å². The van der Waals surface area contributed by atoms with E-state index >= 15 is 0 Å². The summed E-state index contributed by atoms with van der Waals surface area (Å²) in [6.07, 6.45) is 2.54. The molecule has 2 atom stereocenters. The van der Waals surface area contributed by atoms with Gasteiger partial charge in [0.1, 0.15) is 0 Å². The van der Waals surface area contributed by atoms with Gasteiger partial charge in [0, 0.05) is 22.8 Å². The Labute approximate surface area is 127 Å². The van der Waals surface area contributed by atoms with Crippen LogP contribution in [0.5, 0.6) is 0 Å². The molecule has 20 heavy (non-hydrogen) atoms. The van der Waals surface area contributed by atoms with Crippen molar-refractivity contribution in [3.63, 3.8) is 0 Å². The van der Waals surface area contributed by atoms with Gasteiger partial charge >= 0.3 is 0 Å². The Morgan fingerprint density at radius 1 is 1.45 bits per heavy atom. The lowest BCUT2D eigenvalue weighted by molar-refractivity contribution is 0.213. The molecule has 1 aromatic rings. The van der Waals surface area contributed by atoms with Crippen molar-refractivity contribution in [2.24, 2.45) is 5.92 Å². The van der Waals surface area contributed by atoms with Crippen LogP contribution in [0.3, 0.4) is 0 Å². The van der Waals surface area contributed by atoms with E-state index in [0.29, 0.717) is 15.7 Å². The number of nitrogen functional groups attached to an aromatic ring is 1. The van der Waals surface area contributed by atoms with Crippen LogP contribution in [0.4, 0.5) is 5.69 Å². The number of halogens is 1. The molecule has 4 N–H and O–H groups in total. The van der Waals surface area contributed by atoms with E-state index in [4.69, 9.17) is 5.73 Å². The Kier molecular flexibility index (Phi) is 4.73. The van der Waals surface area contributed by atoms with E-state index in [1.54, 1.807) is 19.1 Å². The quantitative estimate of drug-likeness (QED) is 0.711. The van der Waals surface area contributed by atoms with Gasteiger partial charge in [-0.1, -0.05) is 22.4 Å². The standard InChI is InChI=1S/C13H19BrN2O3S/c1-8-11(15)5-10(14)6-13(8)20(18,19)16-12-4-2-3-9(12)7-17/h5-6,9,12,16-17H,2-4,7,15H2,1H3. The molecule has 5 nitrogen and oxygen atoms in total. The monoisotopic (exact) mass is 362 g/mol. The average Bonchev–Trinajstić information content (AvgIpc) is 2.80. The molecule has 1 aliphatic carbocycles. The molecule has 1 fully saturated rings. The van der Waals surface area contributed by atoms with Crippen LogP contribution in [0.1, 0.15) is 24.8 Å². The van der Waals surface area contributed by atoms with Crippen molar-refractivity contribution >= 4 is 31.6 Å². The molecular weight excluding hydrogens is 344 g/mol. The second-order valence-corrected chi connectivity index (χ2v) is 7.82. The lowest BCUT2D eigenvalue weighted by Crippen LogP contribution is -2.38. The topological polar surface area (TPSA) is 92.4 Å². The molecular formula is C13H19BrN2O3S. The zero-order valence-electron chi connectivity index (χ0n) is 11.3. The minimum atomic E-state index is -3.63. The molecule has 0 spiro atoms. The second kappa shape index (κ2) is 6.01. The molecule has 0 heterocycles. The molecule has 1 aromatic carbocycles. The zero-order chi connectivity index (χ0) is 14.9. The van der Waals surface area contributed by atoms with Gasteiger partial charge in [0.05, 0.1) is 4.90 Å². The van der Waals surface area contributed by atoms with Crippen LogP contribution in [-0.2, 0) is 10.0 Å². The number of hydrogen-bond donors (Lipinski definition) is 3. The van der Waals surface area contributed by atoms with Crippen molar-refractivity contribution in [1.82, 2.24) is 4.72 Å². The fourth-order valence-electron chi connectivity index (χ4n) is 2.63. The van der Waals surface area contributed by atoms with Crippen molar-refractivity contribution in [3.8, 4) is 0 Å². The Bertz CT molecular complexity index is 604. The summed E-state index contributed by atoms with van der Waals surface area (Å²) in [5.41, 5.74) is 6.79. The molecule has 112 valence electrons. The highest BCUT2D eigenvalue weighted by Gasteiger charge is 2.31. The SMILES string of the molecule is Cc1c(N)cc(Br)cc1S(=O)(=O)NC1CCCC1CO. The van der Waals surface area contributed by atoms with Gasteiger partial charge in [-0.3, -0.25) is 0 Å². The van der Waals surface area contributed by atoms with Crippen LogP contribution in [0, 0.1) is 12.8 Å². The zero-order valence-corrected chi connectivity index (χ0v) is 13.7. The van der Waals surface area contributed by atoms with Gasteiger partial charge in [0.25, 0.3) is 0 Å². The van der Waals surface area contributed by atoms with Crippen molar-refractivity contribution in [3.05, 3.63) is 22.2 Å². The summed E-state index contributed by atoms with van der Waals surface area (Å²) < 4.78 is 28.3. The van der Waals surface area contributed by atoms with E-state index in [-0.39, 0.29) is 23.5 Å². The summed E-state index contributed by atoms with van der Waals surface area (Å²) in [6.45, 7) is 1.70. The highest BCUT2D eigenvalue weighted by molar-refractivity contribution is 9.10. The number of hydrogen-bond acceptors (Lipinski definition) is 4. The van der Waals surface area contributed by atoms with Crippen LogP contribution >= 0.6 is 15.9 Å². The minimum absolute atomic E-state index is 0.00502. The molecule has 2 unspecified atom stereocenters. The van der Waals surface area contributed by atoms with Crippen LogP contribution in [0.25, 0.3) is 0 Å². The first-order valence-electron chi connectivity index (χ1n) is 6.54. The van der Waals surface area contributed by atoms with Gasteiger partial charge in [-0.15, -0.1) is 0 Å². The maximum Gasteiger partial charge on any atom is 0.241 e. The maximum atomic E-state index is 12.5. The van der Waals surface area contributed by atoms with Gasteiger partial charge in [-0.2, -0.15) is 0 Å². The second-order valence-electron chi connectivity index (χ2n) is 5.22. The summed E-state index contributed by atoms with van der Waals surface area (Å²) in [5, 5.41) is 9.28. The molecule has 0 amide bonds. The highest BCUT2D eigenvalue weighted by atomic mass is 79.9. The smallest absolute Gasteiger partial charge is 0.241 e. The number of aliphatic hydroxyl groups is 1. The molecule has 0 aromatic heterocycles. The summed E-state index contributed by atoms with van der Waals surface area (Å²) in [4.78, 5) is 0.188. The Balaban J connectivity index is 2.31. The van der Waals surface area contributed by atoms with E-state index < -0.39 is 10.0 Å². The number of benzene rings is 1. The van der Waals surface area contributed by atoms with Crippen molar-refractivity contribution < 1.29 is 13.5 Å². The molecule has 0 bridgehead atoms. The number of nitrogens with two attached hydrogens (primary N) is 1. The van der Waals surface area contributed by atoms with Gasteiger partial charge in [0.2, 0.25) is 10.0 Å². The summed E-state index contributed by atoms with van der Waals surface area (Å²) >= 11 is 3.27. The van der Waals surface area contributed by atoms with Crippen LogP contribution < -0.4 is 10.5 Å². The first-order chi connectivity index (χ1) is 9.35. The van der Waals surface area contributed by atoms with Gasteiger partial charge < -0.3 is 10.8 Å². The third-order valence-electron chi connectivity index (χ3n) is 3.85. The molecule has 0 saturated heterocycles. The minimum Gasteiger partial charge on any atom is -0.398 e. The Morgan fingerprint density at radius 2 is 2.15 bits per heavy atom. The van der Waals surface area contributed by atoms with Crippen LogP contribution in [0.15, 0.2) is 21.5 Å². The van der Waals surface area contributed by atoms with Gasteiger partial charge in [-0.05, 0) is 43.4 Å². The molecule has 2 rings (SSSR count). The predicted octanol–water partition coefficient (Wildman–Crippen LogP) is 1.78. The molecule has 0 radical (unpaired) electrons. The third-order valence-corrected chi connectivity index (χ3v) is 5.93. The van der Waals surface area contributed by atoms with E-state index in [2.05, 4.69) is 20.7 Å². The molecule has 1 aliphatic rings. The van der Waals surface area contributed by atoms with Crippen LogP contribution in [-0.4, -0.2) is 26.2 Å². The first-order valence-corrected chi connectivity index (χ1v) is 8.81. The highest BCUT2D eigenvalue weighted by Crippen LogP contribution is 2.29. The maximum absolute atomic E-state index is 12.5. The normalized spacial score (nSPS) is 23.1. The summed E-state index contributed by atoms with van der Waals surface area (Å²) in [7, 11) is -3.63. The van der Waals surface area contributed by atoms with Gasteiger partial charge in [0.15, 0.2) is 0 Å². The fraction of sp³-hybridized carbons (Fsp3) is 0.538. The summed E-state index contributed by atoms with van der Waals surface area (Å²) in [6, 6.07) is 3.03. The van der Waals surface area contributed by atoms with Crippen molar-refractivity contribution in [1.29, 1.82) is 0 Å². The van der Waals surface area contributed by atoms with E-state index in [1.807, 2.05) is 0 Å². The molecule has 7 heteroatoms. The number of nitrogens with one attached hydrogen (secondary N) is 1. The fourth-order valence-corrected chi connectivity index (χ4v) is 4.89. The predicted molar refractivity (Wildman–Crippen MR) is 81.8 cm³/mol. The third kappa shape index (κ3) is 3.16.